The molecule has 2 heterocycles. The van der Waals surface area contributed by atoms with Crippen LogP contribution in [-0.4, -0.2) is 32.2 Å². The lowest BCUT2D eigenvalue weighted by atomic mass is 9.95. The summed E-state index contributed by atoms with van der Waals surface area (Å²) in [6.07, 6.45) is 11.3. The number of aromatic nitrogens is 2. The summed E-state index contributed by atoms with van der Waals surface area (Å²) in [5.74, 6) is 0.765. The van der Waals surface area contributed by atoms with Crippen LogP contribution in [0.1, 0.15) is 42.5 Å². The van der Waals surface area contributed by atoms with Crippen LogP contribution in [0.2, 0.25) is 0 Å². The molecule has 2 aromatic rings. The average molecular weight is 387 g/mol. The summed E-state index contributed by atoms with van der Waals surface area (Å²) >= 11 is 1.70. The minimum atomic E-state index is -1.83. The van der Waals surface area contributed by atoms with E-state index in [2.05, 4.69) is 21.4 Å². The highest BCUT2D eigenvalue weighted by Gasteiger charge is 2.25. The molecular weight excluding hydrogens is 366 g/mol. The molecule has 0 saturated carbocycles. The van der Waals surface area contributed by atoms with Crippen molar-refractivity contribution < 1.29 is 19.8 Å². The maximum atomic E-state index is 12.5. The van der Waals surface area contributed by atoms with E-state index in [-0.39, 0.29) is 5.91 Å². The van der Waals surface area contributed by atoms with Crippen LogP contribution in [0, 0.1) is 0 Å². The van der Waals surface area contributed by atoms with Gasteiger partial charge in [-0.3, -0.25) is 4.79 Å². The van der Waals surface area contributed by atoms with E-state index in [9.17, 15) is 4.79 Å². The molecule has 4 rings (SSSR count). The van der Waals surface area contributed by atoms with Crippen LogP contribution in [0.3, 0.4) is 0 Å². The Morgan fingerprint density at radius 1 is 1.04 bits per heavy atom. The summed E-state index contributed by atoms with van der Waals surface area (Å²) in [5, 5.41) is 18.0. The van der Waals surface area contributed by atoms with Crippen molar-refractivity contribution in [2.75, 3.05) is 5.32 Å². The van der Waals surface area contributed by atoms with Gasteiger partial charge in [-0.1, -0.05) is 6.08 Å². The number of hydrogen-bond donors (Lipinski definition) is 3. The van der Waals surface area contributed by atoms with Crippen molar-refractivity contribution in [2.45, 2.75) is 44.9 Å². The molecule has 8 heteroatoms. The topological polar surface area (TPSA) is 112 Å². The molecule has 0 fully saturated rings. The number of carboxylic acid groups (broad SMARTS) is 2. The Bertz CT molecular complexity index is 857. The number of carbonyl (C=O) groups is 2. The Hall–Kier alpha value is -2.74. The van der Waals surface area contributed by atoms with Crippen LogP contribution < -0.4 is 5.32 Å². The zero-order valence-electron chi connectivity index (χ0n) is 14.8. The number of allylic oxidation sites excluding steroid dienone is 1. The van der Waals surface area contributed by atoms with Gasteiger partial charge in [0.2, 0.25) is 0 Å². The van der Waals surface area contributed by atoms with Gasteiger partial charge in [-0.05, 0) is 56.6 Å². The van der Waals surface area contributed by atoms with Gasteiger partial charge in [0.1, 0.15) is 5.00 Å². The van der Waals surface area contributed by atoms with E-state index in [0.29, 0.717) is 0 Å². The fourth-order valence-electron chi connectivity index (χ4n) is 3.38. The highest BCUT2D eigenvalue weighted by atomic mass is 32.1. The lowest BCUT2D eigenvalue weighted by Crippen LogP contribution is -2.13. The SMILES string of the molecule is O=C(Nc1sc2c(c1-c1ncccn1)CCCC2)C1=CCCC1.O=C(O)O. The molecule has 0 atom stereocenters. The van der Waals surface area contributed by atoms with Crippen molar-refractivity contribution in [2.24, 2.45) is 0 Å². The van der Waals surface area contributed by atoms with Crippen LogP contribution in [0.15, 0.2) is 30.1 Å². The Balaban J connectivity index is 0.000000481. The molecule has 0 unspecified atom stereocenters. The third kappa shape index (κ3) is 4.71. The second-order valence-corrected chi connectivity index (χ2v) is 7.45. The van der Waals surface area contributed by atoms with E-state index in [0.717, 1.165) is 54.1 Å². The quantitative estimate of drug-likeness (QED) is 0.721. The van der Waals surface area contributed by atoms with Gasteiger partial charge < -0.3 is 15.5 Å². The molecule has 0 spiro atoms. The van der Waals surface area contributed by atoms with E-state index in [1.54, 1.807) is 23.7 Å². The number of carbonyl (C=O) groups excluding carboxylic acids is 1. The van der Waals surface area contributed by atoms with Gasteiger partial charge in [0.25, 0.3) is 5.91 Å². The Kier molecular flexibility index (Phi) is 6.18. The summed E-state index contributed by atoms with van der Waals surface area (Å²) in [6.45, 7) is 0. The first kappa shape index (κ1) is 19.0. The first-order valence-electron chi connectivity index (χ1n) is 8.90. The van der Waals surface area contributed by atoms with E-state index in [4.69, 9.17) is 15.0 Å². The number of hydrogen-bond acceptors (Lipinski definition) is 5. The number of nitrogens with zero attached hydrogens (tertiary/aromatic N) is 2. The van der Waals surface area contributed by atoms with E-state index in [1.165, 1.54) is 23.3 Å². The molecule has 3 N–H and O–H groups in total. The van der Waals surface area contributed by atoms with Crippen molar-refractivity contribution in [3.8, 4) is 11.4 Å². The maximum Gasteiger partial charge on any atom is 0.503 e. The van der Waals surface area contributed by atoms with Crippen molar-refractivity contribution >= 4 is 28.4 Å². The predicted molar refractivity (Wildman–Crippen MR) is 103 cm³/mol. The third-order valence-corrected chi connectivity index (χ3v) is 5.73. The Morgan fingerprint density at radius 3 is 2.41 bits per heavy atom. The minimum Gasteiger partial charge on any atom is -0.450 e. The van der Waals surface area contributed by atoms with Gasteiger partial charge in [0.05, 0.1) is 5.56 Å². The fourth-order valence-corrected chi connectivity index (χ4v) is 4.66. The number of nitrogens with one attached hydrogen (secondary N) is 1. The van der Waals surface area contributed by atoms with Gasteiger partial charge in [0.15, 0.2) is 5.82 Å². The van der Waals surface area contributed by atoms with Crippen LogP contribution >= 0.6 is 11.3 Å². The Labute approximate surface area is 160 Å². The summed E-state index contributed by atoms with van der Waals surface area (Å²) in [5.41, 5.74) is 3.29. The van der Waals surface area contributed by atoms with Crippen LogP contribution in [0.4, 0.5) is 9.80 Å². The number of anilines is 1. The molecule has 2 aliphatic carbocycles. The number of amides is 1. The monoisotopic (exact) mass is 387 g/mol. The molecule has 0 radical (unpaired) electrons. The zero-order valence-corrected chi connectivity index (χ0v) is 15.6. The van der Waals surface area contributed by atoms with Gasteiger partial charge >= 0.3 is 6.16 Å². The normalized spacial score (nSPS) is 15.2. The van der Waals surface area contributed by atoms with Gasteiger partial charge in [-0.25, -0.2) is 14.8 Å². The molecule has 1 amide bonds. The van der Waals surface area contributed by atoms with E-state index < -0.39 is 6.16 Å². The van der Waals surface area contributed by atoms with Crippen LogP contribution in [0.5, 0.6) is 0 Å². The molecule has 0 aliphatic heterocycles. The second kappa shape index (κ2) is 8.77. The zero-order chi connectivity index (χ0) is 19.2. The molecule has 2 aliphatic rings. The lowest BCUT2D eigenvalue weighted by Gasteiger charge is -2.12. The number of rotatable bonds is 3. The largest absolute Gasteiger partial charge is 0.503 e. The first-order chi connectivity index (χ1) is 13.1. The molecule has 0 bridgehead atoms. The predicted octanol–water partition coefficient (Wildman–Crippen LogP) is 4.36. The Morgan fingerprint density at radius 2 is 1.74 bits per heavy atom. The average Bonchev–Trinajstić information content (AvgIpc) is 3.29. The molecule has 2 aromatic heterocycles. The van der Waals surface area contributed by atoms with Crippen LogP contribution in [-0.2, 0) is 17.6 Å². The third-order valence-electron chi connectivity index (χ3n) is 4.52. The van der Waals surface area contributed by atoms with Crippen LogP contribution in [0.25, 0.3) is 11.4 Å². The van der Waals surface area contributed by atoms with E-state index >= 15 is 0 Å². The van der Waals surface area contributed by atoms with Gasteiger partial charge in [-0.2, -0.15) is 0 Å². The first-order valence-corrected chi connectivity index (χ1v) is 9.72. The summed E-state index contributed by atoms with van der Waals surface area (Å²) < 4.78 is 0. The smallest absolute Gasteiger partial charge is 0.450 e. The lowest BCUT2D eigenvalue weighted by molar-refractivity contribution is -0.112. The van der Waals surface area contributed by atoms with Crippen molar-refractivity contribution in [1.82, 2.24) is 9.97 Å². The molecule has 27 heavy (non-hydrogen) atoms. The van der Waals surface area contributed by atoms with E-state index in [1.807, 2.05) is 6.07 Å². The van der Waals surface area contributed by atoms with Gasteiger partial charge in [0, 0.05) is 22.8 Å². The minimum absolute atomic E-state index is 0.0401. The highest BCUT2D eigenvalue weighted by molar-refractivity contribution is 7.17. The summed E-state index contributed by atoms with van der Waals surface area (Å²) in [4.78, 5) is 31.3. The molecule has 0 saturated heterocycles. The summed E-state index contributed by atoms with van der Waals surface area (Å²) in [7, 11) is 0. The second-order valence-electron chi connectivity index (χ2n) is 6.35. The molecule has 7 nitrogen and oxygen atoms in total. The molecule has 142 valence electrons. The number of aryl methyl sites for hydroxylation is 1. The molecular formula is C19H21N3O4S. The summed E-state index contributed by atoms with van der Waals surface area (Å²) in [6, 6.07) is 1.82. The fraction of sp³-hybridized carbons (Fsp3) is 0.368. The number of thiophene rings is 1. The highest BCUT2D eigenvalue weighted by Crippen LogP contribution is 2.43. The molecule has 0 aromatic carbocycles. The van der Waals surface area contributed by atoms with Gasteiger partial charge in [-0.15, -0.1) is 11.3 Å². The van der Waals surface area contributed by atoms with Crippen molar-refractivity contribution in [3.05, 3.63) is 40.5 Å². The van der Waals surface area contributed by atoms with Crippen molar-refractivity contribution in [3.63, 3.8) is 0 Å². The maximum absolute atomic E-state index is 12.5. The standard InChI is InChI=1S/C18H19N3OS.CH2O3/c22-17(12-6-1-2-7-12)21-18-15(16-19-10-5-11-20-16)13-8-3-4-9-14(13)23-18;2-1(3)4/h5-6,10-11H,1-4,7-9H2,(H,21,22);(H2,2,3,4). The number of fused-ring (bicyclic) bond motifs is 1. The van der Waals surface area contributed by atoms with Crippen molar-refractivity contribution in [1.29, 1.82) is 0 Å².